The quantitative estimate of drug-likeness (QED) is 0.409. The van der Waals surface area contributed by atoms with Gasteiger partial charge in [-0.25, -0.2) is 0 Å². The fraction of sp³-hybridized carbons (Fsp3) is 0.769. The summed E-state index contributed by atoms with van der Waals surface area (Å²) in [5.41, 5.74) is -0.0279. The van der Waals surface area contributed by atoms with Gasteiger partial charge < -0.3 is 9.47 Å². The molecule has 3 atom stereocenters. The molecular weight excluding hydrogens is 204 g/mol. The molecular formula is C13H20O3. The SMILES string of the molecule is CCC=CC[C@@]12O[C@@H]1CC[C@@H]2CC(=O)OC. The van der Waals surface area contributed by atoms with Crippen LogP contribution < -0.4 is 0 Å². The summed E-state index contributed by atoms with van der Waals surface area (Å²) in [5, 5.41) is 0. The van der Waals surface area contributed by atoms with Crippen LogP contribution in [-0.2, 0) is 14.3 Å². The Balaban J connectivity index is 1.93. The first-order valence-corrected chi connectivity index (χ1v) is 6.12. The molecule has 0 bridgehead atoms. The highest BCUT2D eigenvalue weighted by Gasteiger charge is 2.64. The summed E-state index contributed by atoms with van der Waals surface area (Å²) < 4.78 is 10.5. The Bertz CT molecular complexity index is 298. The first kappa shape index (κ1) is 11.6. The van der Waals surface area contributed by atoms with Gasteiger partial charge in [0, 0.05) is 5.92 Å². The summed E-state index contributed by atoms with van der Waals surface area (Å²) in [4.78, 5) is 11.3. The third kappa shape index (κ3) is 2.01. The van der Waals surface area contributed by atoms with E-state index < -0.39 is 0 Å². The van der Waals surface area contributed by atoms with E-state index in [0.717, 1.165) is 25.7 Å². The third-order valence-corrected chi connectivity index (χ3v) is 3.80. The second-order valence-electron chi connectivity index (χ2n) is 4.70. The number of rotatable bonds is 5. The van der Waals surface area contributed by atoms with Crippen molar-refractivity contribution in [1.29, 1.82) is 0 Å². The maximum Gasteiger partial charge on any atom is 0.305 e. The summed E-state index contributed by atoms with van der Waals surface area (Å²) in [6, 6.07) is 0. The van der Waals surface area contributed by atoms with Crippen LogP contribution in [0.25, 0.3) is 0 Å². The van der Waals surface area contributed by atoms with Crippen LogP contribution >= 0.6 is 0 Å². The Morgan fingerprint density at radius 1 is 1.50 bits per heavy atom. The summed E-state index contributed by atoms with van der Waals surface area (Å²) in [6.45, 7) is 2.12. The van der Waals surface area contributed by atoms with Crippen LogP contribution in [0.5, 0.6) is 0 Å². The maximum atomic E-state index is 11.3. The molecule has 0 spiro atoms. The van der Waals surface area contributed by atoms with Crippen LogP contribution in [-0.4, -0.2) is 24.8 Å². The van der Waals surface area contributed by atoms with E-state index in [1.807, 2.05) is 0 Å². The topological polar surface area (TPSA) is 38.8 Å². The second-order valence-corrected chi connectivity index (χ2v) is 4.70. The molecule has 0 radical (unpaired) electrons. The normalized spacial score (nSPS) is 36.4. The lowest BCUT2D eigenvalue weighted by Gasteiger charge is -2.18. The van der Waals surface area contributed by atoms with Gasteiger partial charge in [0.2, 0.25) is 0 Å². The molecule has 3 heteroatoms. The zero-order chi connectivity index (χ0) is 11.6. The van der Waals surface area contributed by atoms with Crippen LogP contribution in [0.3, 0.4) is 0 Å². The zero-order valence-corrected chi connectivity index (χ0v) is 10.1. The van der Waals surface area contributed by atoms with Crippen molar-refractivity contribution in [3.63, 3.8) is 0 Å². The zero-order valence-electron chi connectivity index (χ0n) is 10.1. The lowest BCUT2D eigenvalue weighted by atomic mass is 9.88. The molecule has 1 saturated heterocycles. The van der Waals surface area contributed by atoms with Gasteiger partial charge >= 0.3 is 5.97 Å². The maximum absolute atomic E-state index is 11.3. The van der Waals surface area contributed by atoms with Crippen molar-refractivity contribution >= 4 is 5.97 Å². The Morgan fingerprint density at radius 3 is 2.94 bits per heavy atom. The summed E-state index contributed by atoms with van der Waals surface area (Å²) in [5.74, 6) is 0.242. The minimum atomic E-state index is -0.111. The van der Waals surface area contributed by atoms with Crippen LogP contribution in [0.4, 0.5) is 0 Å². The highest BCUT2D eigenvalue weighted by atomic mass is 16.6. The number of carbonyl (C=O) groups excluding carboxylic acids is 1. The molecule has 0 N–H and O–H groups in total. The number of hydrogen-bond acceptors (Lipinski definition) is 3. The minimum absolute atomic E-state index is 0.0279. The molecule has 0 aromatic rings. The van der Waals surface area contributed by atoms with Gasteiger partial charge in [-0.2, -0.15) is 0 Å². The smallest absolute Gasteiger partial charge is 0.305 e. The predicted molar refractivity (Wildman–Crippen MR) is 61.0 cm³/mol. The molecule has 2 aliphatic rings. The van der Waals surface area contributed by atoms with Crippen LogP contribution in [0.2, 0.25) is 0 Å². The molecule has 90 valence electrons. The van der Waals surface area contributed by atoms with Crippen LogP contribution in [0, 0.1) is 5.92 Å². The van der Waals surface area contributed by atoms with E-state index in [1.165, 1.54) is 7.11 Å². The fourth-order valence-corrected chi connectivity index (χ4v) is 2.83. The van der Waals surface area contributed by atoms with Gasteiger partial charge in [0.15, 0.2) is 0 Å². The van der Waals surface area contributed by atoms with Crippen molar-refractivity contribution < 1.29 is 14.3 Å². The van der Waals surface area contributed by atoms with E-state index in [1.54, 1.807) is 0 Å². The van der Waals surface area contributed by atoms with Crippen molar-refractivity contribution in [3.05, 3.63) is 12.2 Å². The van der Waals surface area contributed by atoms with E-state index in [9.17, 15) is 4.79 Å². The number of carbonyl (C=O) groups is 1. The molecule has 2 fully saturated rings. The summed E-state index contributed by atoms with van der Waals surface area (Å²) in [7, 11) is 1.45. The Hall–Kier alpha value is -0.830. The number of epoxide rings is 1. The van der Waals surface area contributed by atoms with Crippen molar-refractivity contribution in [2.75, 3.05) is 7.11 Å². The van der Waals surface area contributed by atoms with Crippen molar-refractivity contribution in [2.45, 2.75) is 50.7 Å². The largest absolute Gasteiger partial charge is 0.469 e. The predicted octanol–water partition coefficient (Wildman–Crippen LogP) is 2.45. The van der Waals surface area contributed by atoms with Crippen LogP contribution in [0.1, 0.15) is 39.0 Å². The summed E-state index contributed by atoms with van der Waals surface area (Å²) >= 11 is 0. The van der Waals surface area contributed by atoms with E-state index in [4.69, 9.17) is 9.47 Å². The van der Waals surface area contributed by atoms with Gasteiger partial charge in [0.1, 0.15) is 5.60 Å². The lowest BCUT2D eigenvalue weighted by Crippen LogP contribution is -2.24. The molecule has 16 heavy (non-hydrogen) atoms. The Kier molecular flexibility index (Phi) is 3.33. The monoisotopic (exact) mass is 224 g/mol. The van der Waals surface area contributed by atoms with E-state index >= 15 is 0 Å². The molecule has 0 aromatic carbocycles. The molecule has 0 aromatic heterocycles. The number of ether oxygens (including phenoxy) is 2. The average molecular weight is 224 g/mol. The minimum Gasteiger partial charge on any atom is -0.469 e. The number of methoxy groups -OCH3 is 1. The molecule has 1 aliphatic heterocycles. The van der Waals surface area contributed by atoms with Gasteiger partial charge in [-0.15, -0.1) is 0 Å². The second kappa shape index (κ2) is 4.58. The van der Waals surface area contributed by atoms with Gasteiger partial charge in [-0.05, 0) is 25.7 Å². The molecule has 1 aliphatic carbocycles. The molecule has 1 heterocycles. The van der Waals surface area contributed by atoms with Gasteiger partial charge in [0.25, 0.3) is 0 Å². The third-order valence-electron chi connectivity index (χ3n) is 3.80. The van der Waals surface area contributed by atoms with Crippen LogP contribution in [0.15, 0.2) is 12.2 Å². The molecule has 2 rings (SSSR count). The van der Waals surface area contributed by atoms with Crippen molar-refractivity contribution in [1.82, 2.24) is 0 Å². The first-order chi connectivity index (χ1) is 7.73. The Morgan fingerprint density at radius 2 is 2.31 bits per heavy atom. The fourth-order valence-electron chi connectivity index (χ4n) is 2.83. The Labute approximate surface area is 96.8 Å². The standard InChI is InChI=1S/C13H20O3/c1-3-4-5-8-13-10(9-12(14)15-2)6-7-11(13)16-13/h4-5,10-11H,3,6-9H2,1-2H3/t10-,11-,13+/m1/s1. The first-order valence-electron chi connectivity index (χ1n) is 6.12. The molecule has 0 unspecified atom stereocenters. The summed E-state index contributed by atoms with van der Waals surface area (Å²) in [6.07, 6.45) is 9.46. The average Bonchev–Trinajstić information content (AvgIpc) is 2.91. The number of allylic oxidation sites excluding steroid dienone is 1. The number of esters is 1. The van der Waals surface area contributed by atoms with Gasteiger partial charge in [-0.1, -0.05) is 19.1 Å². The van der Waals surface area contributed by atoms with Gasteiger partial charge in [0.05, 0.1) is 19.6 Å². The highest BCUT2D eigenvalue weighted by molar-refractivity contribution is 5.69. The highest BCUT2D eigenvalue weighted by Crippen LogP contribution is 2.57. The number of fused-ring (bicyclic) bond motifs is 1. The van der Waals surface area contributed by atoms with Crippen molar-refractivity contribution in [3.8, 4) is 0 Å². The molecule has 1 saturated carbocycles. The molecule has 3 nitrogen and oxygen atoms in total. The lowest BCUT2D eigenvalue weighted by molar-refractivity contribution is -0.142. The number of hydrogen-bond donors (Lipinski definition) is 0. The van der Waals surface area contributed by atoms with Gasteiger partial charge in [-0.3, -0.25) is 4.79 Å². The van der Waals surface area contributed by atoms with E-state index in [-0.39, 0.29) is 11.6 Å². The van der Waals surface area contributed by atoms with Crippen molar-refractivity contribution in [2.24, 2.45) is 5.92 Å². The van der Waals surface area contributed by atoms with E-state index in [2.05, 4.69) is 19.1 Å². The molecule has 0 amide bonds. The van der Waals surface area contributed by atoms with E-state index in [0.29, 0.717) is 18.4 Å².